The summed E-state index contributed by atoms with van der Waals surface area (Å²) in [6.07, 6.45) is 3.48. The summed E-state index contributed by atoms with van der Waals surface area (Å²) in [5, 5.41) is 12.0. The van der Waals surface area contributed by atoms with Crippen LogP contribution < -0.4 is 5.32 Å². The van der Waals surface area contributed by atoms with E-state index >= 15 is 0 Å². The fourth-order valence-corrected chi connectivity index (χ4v) is 2.50. The van der Waals surface area contributed by atoms with E-state index < -0.39 is 0 Å². The monoisotopic (exact) mass is 296 g/mol. The third-order valence-electron chi connectivity index (χ3n) is 3.13. The molecule has 90 valence electrons. The lowest BCUT2D eigenvalue weighted by Gasteiger charge is -2.09. The van der Waals surface area contributed by atoms with Crippen molar-refractivity contribution in [2.75, 3.05) is 5.32 Å². The summed E-state index contributed by atoms with van der Waals surface area (Å²) in [5.74, 6) is 0.306. The van der Waals surface area contributed by atoms with Crippen molar-refractivity contribution >= 4 is 21.6 Å². The highest BCUT2D eigenvalue weighted by molar-refractivity contribution is 9.10. The van der Waals surface area contributed by atoms with Crippen LogP contribution in [0, 0.1) is 23.1 Å². The summed E-state index contributed by atoms with van der Waals surface area (Å²) >= 11 is 3.11. The van der Waals surface area contributed by atoms with Gasteiger partial charge >= 0.3 is 0 Å². The Labute approximate surface area is 109 Å². The van der Waals surface area contributed by atoms with Gasteiger partial charge in [-0.25, -0.2) is 4.39 Å². The van der Waals surface area contributed by atoms with Crippen molar-refractivity contribution in [3.8, 4) is 6.07 Å². The minimum Gasteiger partial charge on any atom is -0.380 e. The first-order valence-electron chi connectivity index (χ1n) is 5.82. The maximum absolute atomic E-state index is 13.9. The minimum atomic E-state index is -0.369. The van der Waals surface area contributed by atoms with Gasteiger partial charge in [-0.2, -0.15) is 5.26 Å². The van der Waals surface area contributed by atoms with E-state index in [-0.39, 0.29) is 10.3 Å². The molecule has 2 rings (SSSR count). The second-order valence-corrected chi connectivity index (χ2v) is 5.23. The summed E-state index contributed by atoms with van der Waals surface area (Å²) < 4.78 is 14.1. The molecule has 2 atom stereocenters. The van der Waals surface area contributed by atoms with Gasteiger partial charge < -0.3 is 5.32 Å². The van der Waals surface area contributed by atoms with Crippen LogP contribution in [0.25, 0.3) is 0 Å². The van der Waals surface area contributed by atoms with Crippen molar-refractivity contribution in [1.82, 2.24) is 0 Å². The van der Waals surface area contributed by atoms with Gasteiger partial charge in [0.25, 0.3) is 0 Å². The number of hydrogen-bond donors (Lipinski definition) is 1. The second-order valence-electron chi connectivity index (χ2n) is 4.44. The van der Waals surface area contributed by atoms with Crippen molar-refractivity contribution in [2.45, 2.75) is 32.2 Å². The zero-order valence-electron chi connectivity index (χ0n) is 9.63. The van der Waals surface area contributed by atoms with Crippen molar-refractivity contribution in [3.05, 3.63) is 28.0 Å². The lowest BCUT2D eigenvalue weighted by Crippen LogP contribution is -2.07. The molecule has 1 aliphatic rings. The standard InChI is InChI=1S/C13H14BrFN2/c1-2-3-8-6-11(8)17-10-5-4-9(7-16)12(14)13(10)15/h4-5,8,11,17H,2-3,6H2,1H3. The van der Waals surface area contributed by atoms with Crippen molar-refractivity contribution < 1.29 is 4.39 Å². The van der Waals surface area contributed by atoms with Crippen LogP contribution in [0.2, 0.25) is 0 Å². The Morgan fingerprint density at radius 2 is 2.35 bits per heavy atom. The molecule has 4 heteroatoms. The van der Waals surface area contributed by atoms with Gasteiger partial charge in [-0.3, -0.25) is 0 Å². The summed E-state index contributed by atoms with van der Waals surface area (Å²) in [4.78, 5) is 0. The van der Waals surface area contributed by atoms with Gasteiger partial charge in [0.1, 0.15) is 6.07 Å². The number of rotatable bonds is 4. The molecule has 0 aromatic heterocycles. The van der Waals surface area contributed by atoms with Gasteiger partial charge in [-0.05, 0) is 46.8 Å². The van der Waals surface area contributed by atoms with Crippen LogP contribution in [-0.2, 0) is 0 Å². The molecule has 1 aromatic rings. The average molecular weight is 297 g/mol. The molecule has 0 aliphatic heterocycles. The highest BCUT2D eigenvalue weighted by Gasteiger charge is 2.36. The zero-order valence-corrected chi connectivity index (χ0v) is 11.2. The molecule has 0 amide bonds. The summed E-state index contributed by atoms with van der Waals surface area (Å²) in [6.45, 7) is 2.16. The lowest BCUT2D eigenvalue weighted by molar-refractivity contribution is 0.621. The van der Waals surface area contributed by atoms with E-state index in [9.17, 15) is 4.39 Å². The molecule has 0 saturated heterocycles. The highest BCUT2D eigenvalue weighted by Crippen LogP contribution is 2.38. The van der Waals surface area contributed by atoms with E-state index in [0.29, 0.717) is 23.2 Å². The molecule has 1 aromatic carbocycles. The second kappa shape index (κ2) is 5.05. The third-order valence-corrected chi connectivity index (χ3v) is 3.90. The molecule has 1 fully saturated rings. The predicted molar refractivity (Wildman–Crippen MR) is 69.2 cm³/mol. The molecule has 17 heavy (non-hydrogen) atoms. The SMILES string of the molecule is CCCC1CC1Nc1ccc(C#N)c(Br)c1F. The maximum Gasteiger partial charge on any atom is 0.161 e. The maximum atomic E-state index is 13.9. The van der Waals surface area contributed by atoms with Crippen LogP contribution in [0.3, 0.4) is 0 Å². The molecule has 1 saturated carbocycles. The van der Waals surface area contributed by atoms with Gasteiger partial charge in [0.05, 0.1) is 15.7 Å². The highest BCUT2D eigenvalue weighted by atomic mass is 79.9. The van der Waals surface area contributed by atoms with E-state index in [2.05, 4.69) is 28.2 Å². The van der Waals surface area contributed by atoms with E-state index in [1.54, 1.807) is 12.1 Å². The van der Waals surface area contributed by atoms with Crippen LogP contribution in [0.4, 0.5) is 10.1 Å². The largest absolute Gasteiger partial charge is 0.380 e. The Hall–Kier alpha value is -1.08. The lowest BCUT2D eigenvalue weighted by atomic mass is 10.2. The van der Waals surface area contributed by atoms with Crippen LogP contribution in [0.5, 0.6) is 0 Å². The molecule has 2 nitrogen and oxygen atoms in total. The first kappa shape index (κ1) is 12.4. The quantitative estimate of drug-likeness (QED) is 0.909. The molecule has 2 unspecified atom stereocenters. The van der Waals surface area contributed by atoms with Crippen molar-refractivity contribution in [2.24, 2.45) is 5.92 Å². The minimum absolute atomic E-state index is 0.248. The average Bonchev–Trinajstić information content (AvgIpc) is 3.04. The first-order chi connectivity index (χ1) is 8.17. The Morgan fingerprint density at radius 3 is 3.00 bits per heavy atom. The molecular formula is C13H14BrFN2. The van der Waals surface area contributed by atoms with Crippen molar-refractivity contribution in [3.63, 3.8) is 0 Å². The van der Waals surface area contributed by atoms with Crippen LogP contribution in [0.1, 0.15) is 31.7 Å². The van der Waals surface area contributed by atoms with Crippen LogP contribution >= 0.6 is 15.9 Å². The van der Waals surface area contributed by atoms with Gasteiger partial charge in [-0.15, -0.1) is 0 Å². The molecule has 1 N–H and O–H groups in total. The summed E-state index contributed by atoms with van der Waals surface area (Å²) in [7, 11) is 0. The van der Waals surface area contributed by atoms with E-state index in [4.69, 9.17) is 5.26 Å². The van der Waals surface area contributed by atoms with E-state index in [1.165, 1.54) is 12.8 Å². The Kier molecular flexibility index (Phi) is 3.68. The number of nitrogens with zero attached hydrogens (tertiary/aromatic N) is 1. The Balaban J connectivity index is 2.08. The Morgan fingerprint density at radius 1 is 1.59 bits per heavy atom. The fourth-order valence-electron chi connectivity index (χ4n) is 2.06. The smallest absolute Gasteiger partial charge is 0.161 e. The van der Waals surface area contributed by atoms with Crippen LogP contribution in [0.15, 0.2) is 16.6 Å². The first-order valence-corrected chi connectivity index (χ1v) is 6.61. The third kappa shape index (κ3) is 2.61. The number of hydrogen-bond acceptors (Lipinski definition) is 2. The molecule has 0 bridgehead atoms. The van der Waals surface area contributed by atoms with E-state index in [1.807, 2.05) is 6.07 Å². The van der Waals surface area contributed by atoms with Gasteiger partial charge in [0.2, 0.25) is 0 Å². The normalized spacial score (nSPS) is 22.0. The van der Waals surface area contributed by atoms with Gasteiger partial charge in [-0.1, -0.05) is 13.3 Å². The number of nitrogens with one attached hydrogen (secondary N) is 1. The van der Waals surface area contributed by atoms with Gasteiger partial charge in [0.15, 0.2) is 5.82 Å². The van der Waals surface area contributed by atoms with Crippen LogP contribution in [-0.4, -0.2) is 6.04 Å². The fraction of sp³-hybridized carbons (Fsp3) is 0.462. The molecule has 1 aliphatic carbocycles. The molecule has 0 heterocycles. The number of benzene rings is 1. The topological polar surface area (TPSA) is 35.8 Å². The van der Waals surface area contributed by atoms with Gasteiger partial charge in [0, 0.05) is 6.04 Å². The Bertz CT molecular complexity index is 467. The zero-order chi connectivity index (χ0) is 12.4. The number of nitriles is 1. The van der Waals surface area contributed by atoms with Crippen molar-refractivity contribution in [1.29, 1.82) is 5.26 Å². The summed E-state index contributed by atoms with van der Waals surface area (Å²) in [5.41, 5.74) is 0.813. The molecule has 0 radical (unpaired) electrons. The van der Waals surface area contributed by atoms with E-state index in [0.717, 1.165) is 6.42 Å². The number of halogens is 2. The predicted octanol–water partition coefficient (Wildman–Crippen LogP) is 4.06. The number of anilines is 1. The summed E-state index contributed by atoms with van der Waals surface area (Å²) in [6, 6.07) is 5.61. The molecule has 0 spiro atoms. The molecular weight excluding hydrogens is 283 g/mol.